The number of ether oxygens (including phenoxy) is 2. The molecular weight excluding hydrogens is 424 g/mol. The van der Waals surface area contributed by atoms with Crippen LogP contribution in [0.25, 0.3) is 0 Å². The van der Waals surface area contributed by atoms with Crippen LogP contribution in [0.5, 0.6) is 17.2 Å². The molecule has 0 aliphatic rings. The van der Waals surface area contributed by atoms with Gasteiger partial charge in [0.15, 0.2) is 5.78 Å². The average Bonchev–Trinajstić information content (AvgIpc) is 2.69. The fourth-order valence-electron chi connectivity index (χ4n) is 2.54. The highest BCUT2D eigenvalue weighted by Crippen LogP contribution is 2.28. The van der Waals surface area contributed by atoms with Crippen molar-refractivity contribution < 1.29 is 22.7 Å². The van der Waals surface area contributed by atoms with Crippen molar-refractivity contribution in [3.05, 3.63) is 89.0 Å². The van der Waals surface area contributed by atoms with Crippen LogP contribution >= 0.6 is 10.7 Å². The van der Waals surface area contributed by atoms with Crippen molar-refractivity contribution in [1.29, 1.82) is 0 Å². The number of benzene rings is 3. The molecule has 0 aliphatic heterocycles. The second-order valence-electron chi connectivity index (χ2n) is 6.63. The lowest BCUT2D eigenvalue weighted by Crippen LogP contribution is -2.01. The molecule has 0 heterocycles. The van der Waals surface area contributed by atoms with Crippen LogP contribution in [-0.4, -0.2) is 27.6 Å². The number of carbonyl (C=O) groups is 1. The Bertz CT molecular complexity index is 1100. The number of aryl methyl sites for hydroxylation is 2. The summed E-state index contributed by atoms with van der Waals surface area (Å²) < 4.78 is 29.9. The lowest BCUT2D eigenvalue weighted by molar-refractivity contribution is 0.103. The molecule has 5 nitrogen and oxygen atoms in total. The number of ketones is 1. The van der Waals surface area contributed by atoms with Crippen LogP contribution in [0.15, 0.2) is 66.7 Å². The highest BCUT2D eigenvalue weighted by molar-refractivity contribution is 8.13. The van der Waals surface area contributed by atoms with Gasteiger partial charge >= 0.3 is 0 Å². The van der Waals surface area contributed by atoms with Gasteiger partial charge in [0.25, 0.3) is 0 Å². The van der Waals surface area contributed by atoms with E-state index < -0.39 is 9.05 Å². The maximum atomic E-state index is 12.5. The fraction of sp³-hybridized carbons (Fsp3) is 0.174. The maximum Gasteiger partial charge on any atom is 0.229 e. The zero-order valence-electron chi connectivity index (χ0n) is 17.2. The first-order chi connectivity index (χ1) is 14.1. The van der Waals surface area contributed by atoms with Gasteiger partial charge in [-0.15, -0.1) is 0 Å². The van der Waals surface area contributed by atoms with Gasteiger partial charge in [0.2, 0.25) is 9.05 Å². The fourth-order valence-corrected chi connectivity index (χ4v) is 2.54. The molecule has 0 N–H and O–H groups in total. The highest BCUT2D eigenvalue weighted by Gasteiger charge is 2.09. The number of hydrogen-bond acceptors (Lipinski definition) is 5. The van der Waals surface area contributed by atoms with Crippen LogP contribution < -0.4 is 9.47 Å². The minimum atomic E-state index is -3.19. The van der Waals surface area contributed by atoms with E-state index in [1.807, 2.05) is 68.4 Å². The summed E-state index contributed by atoms with van der Waals surface area (Å²) in [5.41, 5.74) is 3.45. The molecule has 3 aromatic rings. The molecule has 0 radical (unpaired) electrons. The van der Waals surface area contributed by atoms with E-state index in [4.69, 9.17) is 9.47 Å². The second kappa shape index (κ2) is 10.3. The monoisotopic (exact) mass is 446 g/mol. The molecule has 0 amide bonds. The molecule has 0 aromatic heterocycles. The van der Waals surface area contributed by atoms with Crippen LogP contribution in [0, 0.1) is 13.8 Å². The van der Waals surface area contributed by atoms with Crippen molar-refractivity contribution in [3.63, 3.8) is 0 Å². The van der Waals surface area contributed by atoms with Gasteiger partial charge in [0, 0.05) is 21.8 Å². The van der Waals surface area contributed by atoms with E-state index in [0.717, 1.165) is 28.9 Å². The Balaban J connectivity index is 0.000000575. The Kier molecular flexibility index (Phi) is 8.03. The topological polar surface area (TPSA) is 69.7 Å². The third kappa shape index (κ3) is 7.54. The van der Waals surface area contributed by atoms with Crippen molar-refractivity contribution in [1.82, 2.24) is 0 Å². The lowest BCUT2D eigenvalue weighted by Gasteiger charge is -2.10. The summed E-state index contributed by atoms with van der Waals surface area (Å²) in [5, 5.41) is 0. The summed E-state index contributed by atoms with van der Waals surface area (Å²) >= 11 is 0. The summed E-state index contributed by atoms with van der Waals surface area (Å²) in [6.45, 7) is 3.97. The first-order valence-electron chi connectivity index (χ1n) is 9.00. The van der Waals surface area contributed by atoms with E-state index >= 15 is 0 Å². The van der Waals surface area contributed by atoms with E-state index in [-0.39, 0.29) is 5.78 Å². The molecule has 0 spiro atoms. The highest BCUT2D eigenvalue weighted by atomic mass is 35.7. The molecule has 0 saturated heterocycles. The zero-order valence-corrected chi connectivity index (χ0v) is 18.8. The Morgan fingerprint density at radius 1 is 0.833 bits per heavy atom. The first-order valence-corrected chi connectivity index (χ1v) is 11.7. The predicted octanol–water partition coefficient (Wildman–Crippen LogP) is 5.52. The number of hydrogen-bond donors (Lipinski definition) is 0. The van der Waals surface area contributed by atoms with Crippen LogP contribution in [-0.2, 0) is 9.05 Å². The SMILES string of the molecule is COc1ccc(Oc2ccc(C(=O)c3ccc(C)cc3)cc2)c(C)c1.CS(=O)(=O)Cl. The molecule has 7 heteroatoms. The molecule has 30 heavy (non-hydrogen) atoms. The minimum Gasteiger partial charge on any atom is -0.497 e. The number of rotatable bonds is 5. The third-order valence-corrected chi connectivity index (χ3v) is 4.04. The molecule has 0 saturated carbocycles. The molecule has 0 unspecified atom stereocenters. The number of carbonyl (C=O) groups excluding carboxylic acids is 1. The molecule has 3 rings (SSSR count). The minimum absolute atomic E-state index is 0.00665. The van der Waals surface area contributed by atoms with Gasteiger partial charge in [-0.1, -0.05) is 29.8 Å². The summed E-state index contributed by atoms with van der Waals surface area (Å²) in [7, 11) is 2.95. The zero-order chi connectivity index (χ0) is 22.3. The summed E-state index contributed by atoms with van der Waals surface area (Å²) in [6.07, 6.45) is 0.925. The molecule has 0 bridgehead atoms. The second-order valence-corrected chi connectivity index (χ2v) is 9.68. The molecular formula is C23H23ClO5S. The lowest BCUT2D eigenvalue weighted by atomic mass is 10.0. The van der Waals surface area contributed by atoms with E-state index in [0.29, 0.717) is 16.9 Å². The van der Waals surface area contributed by atoms with Crippen molar-refractivity contribution >= 4 is 25.5 Å². The van der Waals surface area contributed by atoms with Gasteiger partial charge in [0.05, 0.1) is 13.4 Å². The quantitative estimate of drug-likeness (QED) is 0.381. The van der Waals surface area contributed by atoms with Crippen molar-refractivity contribution in [2.75, 3.05) is 13.4 Å². The van der Waals surface area contributed by atoms with E-state index in [1.165, 1.54) is 0 Å². The number of halogens is 1. The predicted molar refractivity (Wildman–Crippen MR) is 120 cm³/mol. The van der Waals surface area contributed by atoms with Gasteiger partial charge in [-0.25, -0.2) is 8.42 Å². The van der Waals surface area contributed by atoms with Crippen LogP contribution in [0.4, 0.5) is 0 Å². The van der Waals surface area contributed by atoms with Crippen molar-refractivity contribution in [2.45, 2.75) is 13.8 Å². The Labute approximate surface area is 181 Å². The molecule has 0 fully saturated rings. The van der Waals surface area contributed by atoms with Gasteiger partial charge in [-0.05, 0) is 61.9 Å². The molecule has 3 aromatic carbocycles. The maximum absolute atomic E-state index is 12.5. The van der Waals surface area contributed by atoms with Gasteiger partial charge in [-0.2, -0.15) is 0 Å². The standard InChI is InChI=1S/C22H20O3.CH3ClO2S/c1-15-4-6-17(7-5-15)22(23)18-8-10-19(11-9-18)25-21-13-12-20(24-3)14-16(21)2;1-5(2,3)4/h4-14H,1-3H3;1H3. The average molecular weight is 447 g/mol. The van der Waals surface area contributed by atoms with Crippen LogP contribution in [0.2, 0.25) is 0 Å². The smallest absolute Gasteiger partial charge is 0.229 e. The van der Waals surface area contributed by atoms with Gasteiger partial charge in [0.1, 0.15) is 17.2 Å². The largest absolute Gasteiger partial charge is 0.497 e. The third-order valence-electron chi connectivity index (χ3n) is 4.04. The Hall–Kier alpha value is -2.83. The Morgan fingerprint density at radius 3 is 1.77 bits per heavy atom. The van der Waals surface area contributed by atoms with E-state index in [1.54, 1.807) is 19.2 Å². The van der Waals surface area contributed by atoms with Gasteiger partial charge in [-0.3, -0.25) is 4.79 Å². The number of methoxy groups -OCH3 is 1. The van der Waals surface area contributed by atoms with Crippen LogP contribution in [0.1, 0.15) is 27.0 Å². The Morgan fingerprint density at radius 2 is 1.30 bits per heavy atom. The van der Waals surface area contributed by atoms with Gasteiger partial charge < -0.3 is 9.47 Å². The normalized spacial score (nSPS) is 10.6. The van der Waals surface area contributed by atoms with Crippen molar-refractivity contribution in [2.24, 2.45) is 0 Å². The van der Waals surface area contributed by atoms with E-state index in [9.17, 15) is 13.2 Å². The van der Waals surface area contributed by atoms with Crippen molar-refractivity contribution in [3.8, 4) is 17.2 Å². The molecule has 158 valence electrons. The molecule has 0 atom stereocenters. The summed E-state index contributed by atoms with van der Waals surface area (Å²) in [5.74, 6) is 2.25. The molecule has 0 aliphatic carbocycles. The first kappa shape index (κ1) is 23.4. The van der Waals surface area contributed by atoms with Crippen LogP contribution in [0.3, 0.4) is 0 Å². The van der Waals surface area contributed by atoms with E-state index in [2.05, 4.69) is 10.7 Å². The summed E-state index contributed by atoms with van der Waals surface area (Å²) in [4.78, 5) is 12.5. The summed E-state index contributed by atoms with van der Waals surface area (Å²) in [6, 6.07) is 20.4.